The van der Waals surface area contributed by atoms with Crippen LogP contribution < -0.4 is 5.56 Å². The van der Waals surface area contributed by atoms with E-state index in [0.717, 1.165) is 25.9 Å². The van der Waals surface area contributed by atoms with E-state index < -0.39 is 0 Å². The number of carbonyl (C=O) groups is 1. The second kappa shape index (κ2) is 7.33. The molecule has 1 amide bonds. The lowest BCUT2D eigenvalue weighted by molar-refractivity contribution is -0.133. The normalized spacial score (nSPS) is 21.0. The van der Waals surface area contributed by atoms with Gasteiger partial charge in [0.15, 0.2) is 0 Å². The summed E-state index contributed by atoms with van der Waals surface area (Å²) < 4.78 is 1.48. The predicted octanol–water partition coefficient (Wildman–Crippen LogP) is 0.888. The lowest BCUT2D eigenvalue weighted by Crippen LogP contribution is -2.49. The highest BCUT2D eigenvalue weighted by molar-refractivity contribution is 7.99. The molecule has 1 aromatic heterocycles. The fourth-order valence-corrected chi connectivity index (χ4v) is 4.19. The molecule has 0 aliphatic carbocycles. The first-order valence-corrected chi connectivity index (χ1v) is 9.14. The van der Waals surface area contributed by atoms with Gasteiger partial charge in [-0.15, -0.1) is 0 Å². The predicted molar refractivity (Wildman–Crippen MR) is 89.2 cm³/mol. The standard InChI is InChI=1S/C16H23N3O2S/c20-15-3-1-2-6-19(15)13-16(21)18-7-4-14(5-8-18)17-9-11-22-12-10-17/h1-3,6,14H,4-5,7-13H2. The van der Waals surface area contributed by atoms with Gasteiger partial charge in [0, 0.05) is 56.0 Å². The van der Waals surface area contributed by atoms with E-state index in [0.29, 0.717) is 6.04 Å². The highest BCUT2D eigenvalue weighted by Crippen LogP contribution is 2.20. The van der Waals surface area contributed by atoms with Gasteiger partial charge >= 0.3 is 0 Å². The van der Waals surface area contributed by atoms with Crippen LogP contribution in [-0.4, -0.2) is 64.0 Å². The minimum absolute atomic E-state index is 0.0564. The molecule has 0 N–H and O–H groups in total. The van der Waals surface area contributed by atoms with E-state index in [9.17, 15) is 9.59 Å². The second-order valence-electron chi connectivity index (χ2n) is 5.93. The minimum Gasteiger partial charge on any atom is -0.341 e. The van der Waals surface area contributed by atoms with Crippen molar-refractivity contribution in [1.82, 2.24) is 14.4 Å². The molecule has 0 radical (unpaired) electrons. The van der Waals surface area contributed by atoms with Gasteiger partial charge in [-0.05, 0) is 18.9 Å². The number of pyridine rings is 1. The van der Waals surface area contributed by atoms with Gasteiger partial charge in [0.05, 0.1) is 0 Å². The number of thioether (sulfide) groups is 1. The molecule has 2 aliphatic heterocycles. The molecule has 2 fully saturated rings. The quantitative estimate of drug-likeness (QED) is 0.829. The van der Waals surface area contributed by atoms with Crippen molar-refractivity contribution < 1.29 is 4.79 Å². The lowest BCUT2D eigenvalue weighted by Gasteiger charge is -2.40. The number of carbonyl (C=O) groups excluding carboxylic acids is 1. The van der Waals surface area contributed by atoms with Crippen LogP contribution in [0.3, 0.4) is 0 Å². The van der Waals surface area contributed by atoms with Crippen LogP contribution in [-0.2, 0) is 11.3 Å². The number of piperidine rings is 1. The smallest absolute Gasteiger partial charge is 0.250 e. The fourth-order valence-electron chi connectivity index (χ4n) is 3.26. The number of hydrogen-bond donors (Lipinski definition) is 0. The third-order valence-electron chi connectivity index (χ3n) is 4.58. The van der Waals surface area contributed by atoms with E-state index in [-0.39, 0.29) is 18.0 Å². The Hall–Kier alpha value is -1.27. The molecule has 120 valence electrons. The minimum atomic E-state index is -0.114. The summed E-state index contributed by atoms with van der Waals surface area (Å²) in [4.78, 5) is 28.5. The van der Waals surface area contributed by atoms with Gasteiger partial charge in [-0.1, -0.05) is 6.07 Å². The molecule has 2 aliphatic rings. The van der Waals surface area contributed by atoms with Crippen molar-refractivity contribution in [2.24, 2.45) is 0 Å². The molecule has 5 nitrogen and oxygen atoms in total. The van der Waals surface area contributed by atoms with Crippen LogP contribution in [0.2, 0.25) is 0 Å². The zero-order valence-electron chi connectivity index (χ0n) is 12.8. The third kappa shape index (κ3) is 3.73. The Bertz CT molecular complexity index is 561. The van der Waals surface area contributed by atoms with Crippen molar-refractivity contribution in [3.8, 4) is 0 Å². The van der Waals surface area contributed by atoms with Crippen LogP contribution >= 0.6 is 11.8 Å². The average Bonchev–Trinajstić information content (AvgIpc) is 2.58. The highest BCUT2D eigenvalue weighted by atomic mass is 32.2. The third-order valence-corrected chi connectivity index (χ3v) is 5.53. The van der Waals surface area contributed by atoms with E-state index in [4.69, 9.17) is 0 Å². The Morgan fingerprint density at radius 3 is 2.55 bits per heavy atom. The van der Waals surface area contributed by atoms with E-state index in [1.54, 1.807) is 18.3 Å². The molecule has 0 aromatic carbocycles. The molecule has 0 atom stereocenters. The molecule has 0 saturated carbocycles. The second-order valence-corrected chi connectivity index (χ2v) is 7.15. The number of amides is 1. The van der Waals surface area contributed by atoms with Gasteiger partial charge in [-0.3, -0.25) is 14.5 Å². The first-order chi connectivity index (χ1) is 10.7. The first-order valence-electron chi connectivity index (χ1n) is 7.99. The van der Waals surface area contributed by atoms with Gasteiger partial charge in [-0.2, -0.15) is 11.8 Å². The summed E-state index contributed by atoms with van der Waals surface area (Å²) in [5.41, 5.74) is -0.114. The number of nitrogens with zero attached hydrogens (tertiary/aromatic N) is 3. The number of hydrogen-bond acceptors (Lipinski definition) is 4. The SMILES string of the molecule is O=C(Cn1ccccc1=O)N1CCC(N2CCSCC2)CC1. The van der Waals surface area contributed by atoms with Crippen molar-refractivity contribution in [3.05, 3.63) is 34.7 Å². The zero-order chi connectivity index (χ0) is 15.4. The zero-order valence-corrected chi connectivity index (χ0v) is 13.6. The average molecular weight is 321 g/mol. The highest BCUT2D eigenvalue weighted by Gasteiger charge is 2.27. The van der Waals surface area contributed by atoms with Crippen molar-refractivity contribution >= 4 is 17.7 Å². The number of rotatable bonds is 3. The summed E-state index contributed by atoms with van der Waals surface area (Å²) in [5, 5.41) is 0. The van der Waals surface area contributed by atoms with Gasteiger partial charge in [0.2, 0.25) is 5.91 Å². The molecule has 0 bridgehead atoms. The number of likely N-dealkylation sites (tertiary alicyclic amines) is 1. The van der Waals surface area contributed by atoms with Crippen LogP contribution in [0.4, 0.5) is 0 Å². The number of aromatic nitrogens is 1. The fraction of sp³-hybridized carbons (Fsp3) is 0.625. The monoisotopic (exact) mass is 321 g/mol. The largest absolute Gasteiger partial charge is 0.341 e. The summed E-state index contributed by atoms with van der Waals surface area (Å²) in [5.74, 6) is 2.52. The van der Waals surface area contributed by atoms with Crippen LogP contribution in [0.15, 0.2) is 29.2 Å². The Morgan fingerprint density at radius 2 is 1.86 bits per heavy atom. The molecular weight excluding hydrogens is 298 g/mol. The van der Waals surface area contributed by atoms with Crippen LogP contribution in [0.1, 0.15) is 12.8 Å². The van der Waals surface area contributed by atoms with E-state index in [2.05, 4.69) is 4.90 Å². The van der Waals surface area contributed by atoms with Gasteiger partial charge in [-0.25, -0.2) is 0 Å². The Morgan fingerprint density at radius 1 is 1.14 bits per heavy atom. The van der Waals surface area contributed by atoms with E-state index >= 15 is 0 Å². The van der Waals surface area contributed by atoms with E-state index in [1.165, 1.54) is 35.2 Å². The summed E-state index contributed by atoms with van der Waals surface area (Å²) in [6, 6.07) is 5.61. The molecule has 1 aromatic rings. The molecular formula is C16H23N3O2S. The maximum atomic E-state index is 12.4. The summed E-state index contributed by atoms with van der Waals surface area (Å²) in [7, 11) is 0. The summed E-state index contributed by atoms with van der Waals surface area (Å²) in [6.45, 7) is 4.15. The Labute approximate surface area is 135 Å². The molecule has 0 spiro atoms. The topological polar surface area (TPSA) is 45.6 Å². The van der Waals surface area contributed by atoms with Gasteiger partial charge in [0.1, 0.15) is 6.54 Å². The lowest BCUT2D eigenvalue weighted by atomic mass is 10.0. The van der Waals surface area contributed by atoms with Crippen LogP contribution in [0.25, 0.3) is 0 Å². The maximum Gasteiger partial charge on any atom is 0.250 e. The van der Waals surface area contributed by atoms with E-state index in [1.807, 2.05) is 16.7 Å². The maximum absolute atomic E-state index is 12.4. The van der Waals surface area contributed by atoms with Crippen LogP contribution in [0, 0.1) is 0 Å². The Kier molecular flexibility index (Phi) is 5.20. The molecule has 22 heavy (non-hydrogen) atoms. The van der Waals surface area contributed by atoms with Crippen molar-refractivity contribution in [1.29, 1.82) is 0 Å². The molecule has 0 unspecified atom stereocenters. The molecule has 3 rings (SSSR count). The van der Waals surface area contributed by atoms with Crippen molar-refractivity contribution in [3.63, 3.8) is 0 Å². The first kappa shape index (κ1) is 15.6. The Balaban J connectivity index is 1.51. The van der Waals surface area contributed by atoms with Crippen molar-refractivity contribution in [2.45, 2.75) is 25.4 Å². The van der Waals surface area contributed by atoms with Crippen LogP contribution in [0.5, 0.6) is 0 Å². The molecule has 2 saturated heterocycles. The molecule has 6 heteroatoms. The summed E-state index contributed by atoms with van der Waals surface area (Å²) >= 11 is 2.03. The van der Waals surface area contributed by atoms with Gasteiger partial charge < -0.3 is 9.47 Å². The van der Waals surface area contributed by atoms with Crippen molar-refractivity contribution in [2.75, 3.05) is 37.7 Å². The van der Waals surface area contributed by atoms with Gasteiger partial charge in [0.25, 0.3) is 5.56 Å². The summed E-state index contributed by atoms with van der Waals surface area (Å²) in [6.07, 6.45) is 3.79. The molecule has 3 heterocycles.